The normalized spacial score (nSPS) is 28.9. The Bertz CT molecular complexity index is 632. The van der Waals surface area contributed by atoms with Crippen LogP contribution in [-0.2, 0) is 11.2 Å². The van der Waals surface area contributed by atoms with E-state index in [0.29, 0.717) is 25.7 Å². The lowest BCUT2D eigenvalue weighted by Gasteiger charge is -2.29. The van der Waals surface area contributed by atoms with Gasteiger partial charge in [0.2, 0.25) is 0 Å². The molecule has 1 saturated carbocycles. The van der Waals surface area contributed by atoms with Gasteiger partial charge in [-0.3, -0.25) is 4.79 Å². The second-order valence-corrected chi connectivity index (χ2v) is 6.80. The maximum atomic E-state index is 12.3. The van der Waals surface area contributed by atoms with E-state index in [1.165, 1.54) is 16.7 Å². The van der Waals surface area contributed by atoms with Gasteiger partial charge in [-0.1, -0.05) is 19.1 Å². The largest absolute Gasteiger partial charge is 0.497 e. The molecule has 1 aromatic carbocycles. The molecule has 0 heterocycles. The van der Waals surface area contributed by atoms with E-state index in [1.54, 1.807) is 7.11 Å². The second-order valence-electron chi connectivity index (χ2n) is 6.80. The molecule has 2 aliphatic carbocycles. The summed E-state index contributed by atoms with van der Waals surface area (Å²) in [6.45, 7) is 2.02. The zero-order chi connectivity index (χ0) is 16.4. The fourth-order valence-corrected chi connectivity index (χ4v) is 4.14. The molecule has 0 spiro atoms. The Morgan fingerprint density at radius 2 is 2.17 bits per heavy atom. The van der Waals surface area contributed by atoms with Crippen molar-refractivity contribution in [3.8, 4) is 5.75 Å². The average Bonchev–Trinajstić information content (AvgIpc) is 2.87. The van der Waals surface area contributed by atoms with Crippen molar-refractivity contribution >= 4 is 11.4 Å². The van der Waals surface area contributed by atoms with Gasteiger partial charge in [-0.25, -0.2) is 0 Å². The number of carbonyl (C=O) groups excluding carboxylic acids is 1. The van der Waals surface area contributed by atoms with E-state index >= 15 is 0 Å². The van der Waals surface area contributed by atoms with E-state index < -0.39 is 11.5 Å². The minimum atomic E-state index is -0.558. The minimum absolute atomic E-state index is 0.232. The number of hydrogen-bond acceptors (Lipinski definition) is 3. The van der Waals surface area contributed by atoms with Crippen molar-refractivity contribution < 1.29 is 14.6 Å². The van der Waals surface area contributed by atoms with Gasteiger partial charge in [0.05, 0.1) is 18.6 Å². The molecule has 3 rings (SSSR count). The van der Waals surface area contributed by atoms with E-state index in [9.17, 15) is 9.90 Å². The van der Waals surface area contributed by atoms with Gasteiger partial charge in [0.25, 0.3) is 0 Å². The summed E-state index contributed by atoms with van der Waals surface area (Å²) in [5.41, 5.74) is 3.36. The first-order chi connectivity index (χ1) is 11.1. The third-order valence-electron chi connectivity index (χ3n) is 5.73. The number of aliphatic hydroxyl groups excluding tert-OH is 1. The van der Waals surface area contributed by atoms with Gasteiger partial charge in [-0.05, 0) is 67.4 Å². The van der Waals surface area contributed by atoms with E-state index in [2.05, 4.69) is 18.2 Å². The van der Waals surface area contributed by atoms with Crippen LogP contribution in [-0.4, -0.2) is 24.1 Å². The van der Waals surface area contributed by atoms with Crippen molar-refractivity contribution in [3.05, 3.63) is 35.4 Å². The van der Waals surface area contributed by atoms with Crippen molar-refractivity contribution in [3.63, 3.8) is 0 Å². The number of benzene rings is 1. The third-order valence-corrected chi connectivity index (χ3v) is 5.73. The topological polar surface area (TPSA) is 46.5 Å². The number of ketones is 1. The van der Waals surface area contributed by atoms with Crippen LogP contribution in [0.25, 0.3) is 5.57 Å². The molecule has 124 valence electrons. The van der Waals surface area contributed by atoms with Gasteiger partial charge >= 0.3 is 0 Å². The van der Waals surface area contributed by atoms with Gasteiger partial charge in [-0.15, -0.1) is 0 Å². The van der Waals surface area contributed by atoms with E-state index in [1.807, 2.05) is 13.0 Å². The summed E-state index contributed by atoms with van der Waals surface area (Å²) in [7, 11) is 1.69. The highest BCUT2D eigenvalue weighted by Gasteiger charge is 2.46. The minimum Gasteiger partial charge on any atom is -0.497 e. The summed E-state index contributed by atoms with van der Waals surface area (Å²) >= 11 is 0. The highest BCUT2D eigenvalue weighted by molar-refractivity contribution is 5.88. The monoisotopic (exact) mass is 314 g/mol. The first-order valence-electron chi connectivity index (χ1n) is 8.68. The predicted molar refractivity (Wildman–Crippen MR) is 91.5 cm³/mol. The van der Waals surface area contributed by atoms with Gasteiger partial charge < -0.3 is 9.84 Å². The van der Waals surface area contributed by atoms with Crippen LogP contribution in [0, 0.1) is 5.41 Å². The number of methoxy groups -OCH3 is 1. The number of aliphatic hydroxyl groups is 1. The molecule has 2 atom stereocenters. The lowest BCUT2D eigenvalue weighted by molar-refractivity contribution is -0.129. The third kappa shape index (κ3) is 2.83. The van der Waals surface area contributed by atoms with Gasteiger partial charge in [0.1, 0.15) is 11.5 Å². The number of Topliss-reactive ketones (excluding diaryl/α,β-unsaturated/α-hetero) is 1. The van der Waals surface area contributed by atoms with Crippen molar-refractivity contribution in [2.45, 2.75) is 58.0 Å². The maximum absolute atomic E-state index is 12.3. The molecule has 0 amide bonds. The molecule has 0 aliphatic heterocycles. The highest BCUT2D eigenvalue weighted by atomic mass is 16.5. The molecule has 2 aliphatic rings. The number of aryl methyl sites for hydroxylation is 1. The lowest BCUT2D eigenvalue weighted by Crippen LogP contribution is -2.35. The Hall–Kier alpha value is -1.61. The van der Waals surface area contributed by atoms with Gasteiger partial charge in [0, 0.05) is 6.42 Å². The van der Waals surface area contributed by atoms with Crippen LogP contribution in [0.5, 0.6) is 5.75 Å². The van der Waals surface area contributed by atoms with Crippen molar-refractivity contribution in [1.82, 2.24) is 0 Å². The SMILES string of the molecule is CC[C@]1(C/C=C2\CCCc3cc(OC)ccc32)C(=O)CC[C@H]1O. The van der Waals surface area contributed by atoms with E-state index in [0.717, 1.165) is 25.0 Å². The van der Waals surface area contributed by atoms with Crippen LogP contribution >= 0.6 is 0 Å². The Labute approximate surface area is 138 Å². The molecule has 0 radical (unpaired) electrons. The van der Waals surface area contributed by atoms with Crippen molar-refractivity contribution in [2.24, 2.45) is 5.41 Å². The van der Waals surface area contributed by atoms with Crippen LogP contribution in [0.3, 0.4) is 0 Å². The summed E-state index contributed by atoms with van der Waals surface area (Å²) in [6, 6.07) is 6.25. The Kier molecular flexibility index (Phi) is 4.58. The zero-order valence-corrected chi connectivity index (χ0v) is 14.1. The summed E-state index contributed by atoms with van der Waals surface area (Å²) < 4.78 is 5.32. The molecule has 1 fully saturated rings. The van der Waals surface area contributed by atoms with Crippen LogP contribution in [0.2, 0.25) is 0 Å². The predicted octanol–water partition coefficient (Wildman–Crippen LogP) is 3.93. The lowest BCUT2D eigenvalue weighted by atomic mass is 9.76. The molecule has 0 bridgehead atoms. The molecule has 1 aromatic rings. The van der Waals surface area contributed by atoms with Crippen LogP contribution in [0.15, 0.2) is 24.3 Å². The summed E-state index contributed by atoms with van der Waals surface area (Å²) in [6.07, 6.45) is 7.47. The van der Waals surface area contributed by atoms with Crippen LogP contribution in [0.4, 0.5) is 0 Å². The number of hydrogen-bond donors (Lipinski definition) is 1. The van der Waals surface area contributed by atoms with Gasteiger partial charge in [-0.2, -0.15) is 0 Å². The number of allylic oxidation sites excluding steroid dienone is 2. The number of fused-ring (bicyclic) bond motifs is 1. The number of ether oxygens (including phenoxy) is 1. The van der Waals surface area contributed by atoms with Crippen LogP contribution in [0.1, 0.15) is 56.6 Å². The molecule has 23 heavy (non-hydrogen) atoms. The summed E-state index contributed by atoms with van der Waals surface area (Å²) in [5.74, 6) is 1.13. The summed E-state index contributed by atoms with van der Waals surface area (Å²) in [4.78, 5) is 12.3. The fraction of sp³-hybridized carbons (Fsp3) is 0.550. The Morgan fingerprint density at radius 3 is 2.83 bits per heavy atom. The fourth-order valence-electron chi connectivity index (χ4n) is 4.14. The Balaban J connectivity index is 1.88. The molecule has 3 nitrogen and oxygen atoms in total. The number of rotatable bonds is 4. The second kappa shape index (κ2) is 6.48. The smallest absolute Gasteiger partial charge is 0.142 e. The molecular formula is C20H26O3. The van der Waals surface area contributed by atoms with Crippen LogP contribution < -0.4 is 4.74 Å². The molecule has 0 unspecified atom stereocenters. The maximum Gasteiger partial charge on any atom is 0.142 e. The molecule has 1 N–H and O–H groups in total. The molecule has 0 aromatic heterocycles. The Morgan fingerprint density at radius 1 is 1.35 bits per heavy atom. The van der Waals surface area contributed by atoms with E-state index in [4.69, 9.17) is 4.74 Å². The zero-order valence-electron chi connectivity index (χ0n) is 14.1. The number of carbonyl (C=O) groups is 1. The highest BCUT2D eigenvalue weighted by Crippen LogP contribution is 2.43. The molecule has 0 saturated heterocycles. The summed E-state index contributed by atoms with van der Waals surface area (Å²) in [5, 5.41) is 10.3. The first kappa shape index (κ1) is 16.3. The van der Waals surface area contributed by atoms with E-state index in [-0.39, 0.29) is 5.78 Å². The average molecular weight is 314 g/mol. The van der Waals surface area contributed by atoms with Crippen molar-refractivity contribution in [2.75, 3.05) is 7.11 Å². The standard InChI is InChI=1S/C20H26O3/c1-3-20(18(21)9-10-19(20)22)12-11-14-5-4-6-15-13-16(23-2)7-8-17(14)15/h7-8,11,13,18,21H,3-6,9-10,12H2,1-2H3/b14-11+/t18-,20-/m1/s1. The first-order valence-corrected chi connectivity index (χ1v) is 8.68. The quantitative estimate of drug-likeness (QED) is 0.916. The van der Waals surface area contributed by atoms with Crippen molar-refractivity contribution in [1.29, 1.82) is 0 Å². The molecular weight excluding hydrogens is 288 g/mol. The van der Waals surface area contributed by atoms with Gasteiger partial charge in [0.15, 0.2) is 0 Å². The molecule has 3 heteroatoms.